The van der Waals surface area contributed by atoms with Crippen LogP contribution in [0.1, 0.15) is 31.9 Å². The minimum atomic E-state index is -0.0215. The van der Waals surface area contributed by atoms with E-state index in [4.69, 9.17) is 11.8 Å². The van der Waals surface area contributed by atoms with Crippen LogP contribution >= 0.6 is 0 Å². The first-order valence-corrected chi connectivity index (χ1v) is 4.40. The van der Waals surface area contributed by atoms with Crippen molar-refractivity contribution in [2.24, 2.45) is 0 Å². The SMILES string of the molecule is [C-]#[N+]c1cc(C#N)cc(C(C)(C)C)c1. The molecule has 1 rings (SSSR count). The highest BCUT2D eigenvalue weighted by atomic mass is 14.6. The van der Waals surface area contributed by atoms with Crippen molar-refractivity contribution < 1.29 is 0 Å². The minimum absolute atomic E-state index is 0.0215. The van der Waals surface area contributed by atoms with Gasteiger partial charge in [-0.05, 0) is 17.5 Å². The van der Waals surface area contributed by atoms with Crippen molar-refractivity contribution in [3.05, 3.63) is 40.7 Å². The standard InChI is InChI=1S/C12H12N2/c1-12(2,3)10-5-9(8-13)6-11(7-10)14-4/h5-7H,1-3H3. The van der Waals surface area contributed by atoms with Crippen LogP contribution in [-0.2, 0) is 5.41 Å². The minimum Gasteiger partial charge on any atom is -0.238 e. The largest absolute Gasteiger partial charge is 0.238 e. The molecule has 2 heteroatoms. The van der Waals surface area contributed by atoms with Gasteiger partial charge < -0.3 is 0 Å². The van der Waals surface area contributed by atoms with Crippen LogP contribution in [0.5, 0.6) is 0 Å². The van der Waals surface area contributed by atoms with E-state index in [9.17, 15) is 0 Å². The maximum absolute atomic E-state index is 8.79. The Kier molecular flexibility index (Phi) is 2.58. The molecule has 1 aromatic carbocycles. The van der Waals surface area contributed by atoms with Gasteiger partial charge in [-0.15, -0.1) is 0 Å². The summed E-state index contributed by atoms with van der Waals surface area (Å²) in [6.45, 7) is 13.1. The molecule has 0 fully saturated rings. The predicted molar refractivity (Wildman–Crippen MR) is 56.1 cm³/mol. The second kappa shape index (κ2) is 3.52. The molecule has 70 valence electrons. The summed E-state index contributed by atoms with van der Waals surface area (Å²) in [6, 6.07) is 7.37. The van der Waals surface area contributed by atoms with Crippen LogP contribution in [0.2, 0.25) is 0 Å². The third kappa shape index (κ3) is 2.12. The molecular formula is C12H12N2. The molecule has 0 unspecified atom stereocenters. The number of hydrogen-bond acceptors (Lipinski definition) is 1. The summed E-state index contributed by atoms with van der Waals surface area (Å²) in [6.07, 6.45) is 0. The van der Waals surface area contributed by atoms with Gasteiger partial charge in [-0.2, -0.15) is 5.26 Å². The van der Waals surface area contributed by atoms with E-state index < -0.39 is 0 Å². The molecule has 0 aromatic heterocycles. The zero-order chi connectivity index (χ0) is 10.8. The topological polar surface area (TPSA) is 28.1 Å². The van der Waals surface area contributed by atoms with Crippen molar-refractivity contribution in [3.63, 3.8) is 0 Å². The second-order valence-electron chi connectivity index (χ2n) is 4.24. The van der Waals surface area contributed by atoms with E-state index in [1.165, 1.54) is 0 Å². The Hall–Kier alpha value is -1.80. The number of benzene rings is 1. The number of rotatable bonds is 0. The Bertz CT molecular complexity index is 393. The molecule has 0 aliphatic carbocycles. The summed E-state index contributed by atoms with van der Waals surface area (Å²) in [5.74, 6) is 0. The molecule has 0 radical (unpaired) electrons. The zero-order valence-corrected chi connectivity index (χ0v) is 8.63. The lowest BCUT2D eigenvalue weighted by molar-refractivity contribution is 0.590. The van der Waals surface area contributed by atoms with Gasteiger partial charge in [-0.1, -0.05) is 32.4 Å². The summed E-state index contributed by atoms with van der Waals surface area (Å²) in [5.41, 5.74) is 2.10. The fourth-order valence-electron chi connectivity index (χ4n) is 1.17. The van der Waals surface area contributed by atoms with Crippen LogP contribution in [0.15, 0.2) is 18.2 Å². The summed E-state index contributed by atoms with van der Waals surface area (Å²) in [7, 11) is 0. The van der Waals surface area contributed by atoms with Gasteiger partial charge in [-0.25, -0.2) is 4.85 Å². The Morgan fingerprint density at radius 3 is 2.36 bits per heavy atom. The van der Waals surface area contributed by atoms with Crippen LogP contribution in [0.25, 0.3) is 4.85 Å². The molecule has 2 nitrogen and oxygen atoms in total. The van der Waals surface area contributed by atoms with Gasteiger partial charge in [0, 0.05) is 5.56 Å². The first-order chi connectivity index (χ1) is 6.47. The molecule has 0 saturated carbocycles. The lowest BCUT2D eigenvalue weighted by Crippen LogP contribution is -2.10. The van der Waals surface area contributed by atoms with Gasteiger partial charge in [0.15, 0.2) is 5.69 Å². The highest BCUT2D eigenvalue weighted by Crippen LogP contribution is 2.27. The number of nitriles is 1. The molecule has 14 heavy (non-hydrogen) atoms. The van der Waals surface area contributed by atoms with Crippen molar-refractivity contribution in [1.29, 1.82) is 5.26 Å². The fourth-order valence-corrected chi connectivity index (χ4v) is 1.17. The van der Waals surface area contributed by atoms with E-state index in [-0.39, 0.29) is 5.41 Å². The molecule has 0 amide bonds. The molecular weight excluding hydrogens is 172 g/mol. The monoisotopic (exact) mass is 184 g/mol. The predicted octanol–water partition coefficient (Wildman–Crippen LogP) is 3.41. The van der Waals surface area contributed by atoms with Gasteiger partial charge >= 0.3 is 0 Å². The molecule has 0 atom stereocenters. The van der Waals surface area contributed by atoms with Gasteiger partial charge in [0.05, 0.1) is 12.6 Å². The van der Waals surface area contributed by atoms with Crippen LogP contribution in [0, 0.1) is 17.9 Å². The molecule has 0 heterocycles. The van der Waals surface area contributed by atoms with E-state index >= 15 is 0 Å². The molecule has 0 spiro atoms. The summed E-state index contributed by atoms with van der Waals surface area (Å²) < 4.78 is 0. The molecule has 0 bridgehead atoms. The Labute approximate surface area is 84.6 Å². The summed E-state index contributed by atoms with van der Waals surface area (Å²) in [5, 5.41) is 8.79. The van der Waals surface area contributed by atoms with Gasteiger partial charge in [0.1, 0.15) is 0 Å². The fraction of sp³-hybridized carbons (Fsp3) is 0.333. The lowest BCUT2D eigenvalue weighted by atomic mass is 9.86. The highest BCUT2D eigenvalue weighted by molar-refractivity contribution is 5.54. The highest BCUT2D eigenvalue weighted by Gasteiger charge is 2.14. The number of hydrogen-bond donors (Lipinski definition) is 0. The summed E-state index contributed by atoms with van der Waals surface area (Å²) in [4.78, 5) is 3.35. The molecule has 0 aliphatic heterocycles. The van der Waals surface area contributed by atoms with Crippen molar-refractivity contribution in [1.82, 2.24) is 0 Å². The van der Waals surface area contributed by atoms with Crippen LogP contribution in [0.4, 0.5) is 5.69 Å². The van der Waals surface area contributed by atoms with E-state index in [0.29, 0.717) is 11.3 Å². The maximum Gasteiger partial charge on any atom is 0.188 e. The number of nitrogens with zero attached hydrogens (tertiary/aromatic N) is 2. The first-order valence-electron chi connectivity index (χ1n) is 4.40. The Morgan fingerprint density at radius 2 is 1.93 bits per heavy atom. The average Bonchev–Trinajstić information content (AvgIpc) is 2.15. The smallest absolute Gasteiger partial charge is 0.188 e. The van der Waals surface area contributed by atoms with Gasteiger partial charge in [-0.3, -0.25) is 0 Å². The second-order valence-corrected chi connectivity index (χ2v) is 4.24. The van der Waals surface area contributed by atoms with Gasteiger partial charge in [0.2, 0.25) is 0 Å². The maximum atomic E-state index is 8.79. The van der Waals surface area contributed by atoms with Crippen LogP contribution in [-0.4, -0.2) is 0 Å². The quantitative estimate of drug-likeness (QED) is 0.568. The average molecular weight is 184 g/mol. The van der Waals surface area contributed by atoms with Crippen molar-refractivity contribution in [3.8, 4) is 6.07 Å². The van der Waals surface area contributed by atoms with E-state index in [2.05, 4.69) is 31.7 Å². The van der Waals surface area contributed by atoms with Crippen LogP contribution < -0.4 is 0 Å². The third-order valence-electron chi connectivity index (χ3n) is 2.04. The first kappa shape index (κ1) is 10.3. The third-order valence-corrected chi connectivity index (χ3v) is 2.04. The van der Waals surface area contributed by atoms with E-state index in [1.54, 1.807) is 6.07 Å². The van der Waals surface area contributed by atoms with E-state index in [0.717, 1.165) is 5.56 Å². The Morgan fingerprint density at radius 1 is 1.29 bits per heavy atom. The van der Waals surface area contributed by atoms with Crippen LogP contribution in [0.3, 0.4) is 0 Å². The zero-order valence-electron chi connectivity index (χ0n) is 8.63. The van der Waals surface area contributed by atoms with Gasteiger partial charge in [0.25, 0.3) is 0 Å². The van der Waals surface area contributed by atoms with Crippen molar-refractivity contribution in [2.45, 2.75) is 26.2 Å². The molecule has 0 aliphatic rings. The van der Waals surface area contributed by atoms with E-state index in [1.807, 2.05) is 12.1 Å². The van der Waals surface area contributed by atoms with Crippen molar-refractivity contribution >= 4 is 5.69 Å². The molecule has 0 saturated heterocycles. The summed E-state index contributed by atoms with van der Waals surface area (Å²) >= 11 is 0. The van der Waals surface area contributed by atoms with Crippen molar-refractivity contribution in [2.75, 3.05) is 0 Å². The lowest BCUT2D eigenvalue weighted by Gasteiger charge is -2.19. The Balaban J connectivity index is 3.36. The molecule has 1 aromatic rings. The normalized spacial score (nSPS) is 10.4. The molecule has 0 N–H and O–H groups in total.